The SMILES string of the molecule is C=Cc1c(COc2cc(NC(=O)c3ccc(F)cc3)ccc2C)csc1/C(=C\C)C(=O)NCCO. The standard InChI is InChI=1S/C27H27FN2O4S/c1-4-22-19(16-35-25(22)23(5-2)27(33)29-12-13-31)15-34-24-14-21(11-6-17(24)3)30-26(32)18-7-9-20(28)10-8-18/h4-11,14,16,31H,1,12-13,15H2,2-3H3,(H,29,33)(H,30,32)/b23-5+. The number of hydrogen-bond acceptors (Lipinski definition) is 5. The third-order valence-electron chi connectivity index (χ3n) is 5.22. The van der Waals surface area contributed by atoms with Gasteiger partial charge in [-0.3, -0.25) is 9.59 Å². The quantitative estimate of drug-likeness (QED) is 0.339. The summed E-state index contributed by atoms with van der Waals surface area (Å²) in [7, 11) is 0. The summed E-state index contributed by atoms with van der Waals surface area (Å²) in [5, 5.41) is 16.4. The third-order valence-corrected chi connectivity index (χ3v) is 6.30. The highest BCUT2D eigenvalue weighted by Gasteiger charge is 2.18. The Labute approximate surface area is 207 Å². The Balaban J connectivity index is 1.75. The fourth-order valence-electron chi connectivity index (χ4n) is 3.37. The van der Waals surface area contributed by atoms with Crippen molar-refractivity contribution in [2.75, 3.05) is 18.5 Å². The van der Waals surface area contributed by atoms with E-state index in [0.29, 0.717) is 22.6 Å². The molecule has 0 fully saturated rings. The molecule has 2 aromatic carbocycles. The summed E-state index contributed by atoms with van der Waals surface area (Å²) in [5.74, 6) is -0.430. The molecule has 182 valence electrons. The first-order valence-electron chi connectivity index (χ1n) is 11.0. The smallest absolute Gasteiger partial charge is 0.255 e. The van der Waals surface area contributed by atoms with Crippen LogP contribution in [0.25, 0.3) is 11.6 Å². The van der Waals surface area contributed by atoms with Crippen LogP contribution >= 0.6 is 11.3 Å². The first-order valence-corrected chi connectivity index (χ1v) is 11.8. The summed E-state index contributed by atoms with van der Waals surface area (Å²) < 4.78 is 19.2. The van der Waals surface area contributed by atoms with Crippen molar-refractivity contribution in [3.8, 4) is 5.75 Å². The molecule has 0 bridgehead atoms. The number of benzene rings is 2. The topological polar surface area (TPSA) is 87.7 Å². The Morgan fingerprint density at radius 2 is 1.94 bits per heavy atom. The number of rotatable bonds is 10. The molecule has 6 nitrogen and oxygen atoms in total. The van der Waals surface area contributed by atoms with Gasteiger partial charge in [-0.05, 0) is 60.7 Å². The number of thiophene rings is 1. The Hall–Kier alpha value is -3.75. The van der Waals surface area contributed by atoms with Crippen molar-refractivity contribution in [2.24, 2.45) is 0 Å². The molecule has 0 saturated heterocycles. The van der Waals surface area contributed by atoms with Crippen LogP contribution in [0.15, 0.2) is 60.5 Å². The maximum absolute atomic E-state index is 13.1. The normalized spacial score (nSPS) is 11.1. The van der Waals surface area contributed by atoms with Crippen LogP contribution in [0.4, 0.5) is 10.1 Å². The lowest BCUT2D eigenvalue weighted by atomic mass is 10.1. The van der Waals surface area contributed by atoms with Crippen LogP contribution < -0.4 is 15.4 Å². The number of nitrogens with one attached hydrogen (secondary N) is 2. The van der Waals surface area contributed by atoms with Crippen molar-refractivity contribution in [1.29, 1.82) is 0 Å². The van der Waals surface area contributed by atoms with E-state index in [1.807, 2.05) is 18.4 Å². The first kappa shape index (κ1) is 25.9. The van der Waals surface area contributed by atoms with E-state index in [-0.39, 0.29) is 31.6 Å². The number of carbonyl (C=O) groups excluding carboxylic acids is 2. The molecule has 0 radical (unpaired) electrons. The van der Waals surface area contributed by atoms with Gasteiger partial charge in [-0.1, -0.05) is 24.8 Å². The van der Waals surface area contributed by atoms with Crippen LogP contribution in [0.3, 0.4) is 0 Å². The van der Waals surface area contributed by atoms with E-state index in [9.17, 15) is 14.0 Å². The summed E-state index contributed by atoms with van der Waals surface area (Å²) in [6.07, 6.45) is 3.42. The van der Waals surface area contributed by atoms with Crippen molar-refractivity contribution in [3.05, 3.63) is 93.4 Å². The summed E-state index contributed by atoms with van der Waals surface area (Å²) in [5.41, 5.74) is 3.96. The molecule has 0 atom stereocenters. The fourth-order valence-corrected chi connectivity index (χ4v) is 4.50. The predicted molar refractivity (Wildman–Crippen MR) is 138 cm³/mol. The van der Waals surface area contributed by atoms with E-state index < -0.39 is 5.82 Å². The van der Waals surface area contributed by atoms with E-state index >= 15 is 0 Å². The van der Waals surface area contributed by atoms with Crippen molar-refractivity contribution < 1.29 is 23.8 Å². The number of aryl methyl sites for hydroxylation is 1. The van der Waals surface area contributed by atoms with Crippen LogP contribution in [0, 0.1) is 12.7 Å². The van der Waals surface area contributed by atoms with Crippen LogP contribution in [0.1, 0.15) is 38.8 Å². The lowest BCUT2D eigenvalue weighted by molar-refractivity contribution is -0.115. The molecule has 0 spiro atoms. The Kier molecular flexibility index (Phi) is 8.94. The molecule has 2 amide bonds. The zero-order chi connectivity index (χ0) is 25.4. The van der Waals surface area contributed by atoms with Gasteiger partial charge in [-0.15, -0.1) is 11.3 Å². The number of ether oxygens (including phenoxy) is 1. The second-order valence-electron chi connectivity index (χ2n) is 7.62. The van der Waals surface area contributed by atoms with Crippen LogP contribution in [0.2, 0.25) is 0 Å². The highest BCUT2D eigenvalue weighted by molar-refractivity contribution is 7.12. The molecule has 0 saturated carbocycles. The largest absolute Gasteiger partial charge is 0.489 e. The number of allylic oxidation sites excluding steroid dienone is 1. The number of aliphatic hydroxyl groups excluding tert-OH is 1. The minimum Gasteiger partial charge on any atom is -0.489 e. The molecule has 1 heterocycles. The molecule has 0 aliphatic rings. The lowest BCUT2D eigenvalue weighted by Gasteiger charge is -2.13. The monoisotopic (exact) mass is 494 g/mol. The number of carbonyl (C=O) groups is 2. The molecule has 0 aliphatic heterocycles. The highest BCUT2D eigenvalue weighted by atomic mass is 32.1. The van der Waals surface area contributed by atoms with Gasteiger partial charge in [0.25, 0.3) is 11.8 Å². The van der Waals surface area contributed by atoms with Gasteiger partial charge < -0.3 is 20.5 Å². The van der Waals surface area contributed by atoms with Gasteiger partial charge in [0.15, 0.2) is 0 Å². The van der Waals surface area contributed by atoms with E-state index in [1.54, 1.807) is 31.2 Å². The minimum atomic E-state index is -0.407. The van der Waals surface area contributed by atoms with Crippen molar-refractivity contribution in [2.45, 2.75) is 20.5 Å². The second kappa shape index (κ2) is 12.1. The zero-order valence-electron chi connectivity index (χ0n) is 19.6. The van der Waals surface area contributed by atoms with Crippen molar-refractivity contribution in [3.63, 3.8) is 0 Å². The van der Waals surface area contributed by atoms with E-state index in [2.05, 4.69) is 17.2 Å². The Morgan fingerprint density at radius 3 is 2.60 bits per heavy atom. The molecular weight excluding hydrogens is 467 g/mol. The van der Waals surface area contributed by atoms with Crippen molar-refractivity contribution in [1.82, 2.24) is 5.32 Å². The van der Waals surface area contributed by atoms with Gasteiger partial charge in [-0.25, -0.2) is 4.39 Å². The van der Waals surface area contributed by atoms with Crippen LogP contribution in [-0.4, -0.2) is 30.1 Å². The third kappa shape index (κ3) is 6.44. The molecule has 3 N–H and O–H groups in total. The van der Waals surface area contributed by atoms with Gasteiger partial charge in [-0.2, -0.15) is 0 Å². The van der Waals surface area contributed by atoms with Crippen molar-refractivity contribution >= 4 is 40.5 Å². The molecule has 8 heteroatoms. The maximum atomic E-state index is 13.1. The fraction of sp³-hybridized carbons (Fsp3) is 0.185. The van der Waals surface area contributed by atoms with Gasteiger partial charge in [0.2, 0.25) is 0 Å². The van der Waals surface area contributed by atoms with E-state index in [1.165, 1.54) is 35.6 Å². The summed E-state index contributed by atoms with van der Waals surface area (Å²) >= 11 is 1.42. The minimum absolute atomic E-state index is 0.136. The van der Waals surface area contributed by atoms with Crippen LogP contribution in [-0.2, 0) is 11.4 Å². The highest BCUT2D eigenvalue weighted by Crippen LogP contribution is 2.32. The number of hydrogen-bond donors (Lipinski definition) is 3. The first-order chi connectivity index (χ1) is 16.9. The lowest BCUT2D eigenvalue weighted by Crippen LogP contribution is -2.27. The van der Waals surface area contributed by atoms with Gasteiger partial charge in [0.05, 0.1) is 12.2 Å². The maximum Gasteiger partial charge on any atom is 0.255 e. The second-order valence-corrected chi connectivity index (χ2v) is 8.50. The Morgan fingerprint density at radius 1 is 1.20 bits per heavy atom. The average molecular weight is 495 g/mol. The number of anilines is 1. The number of amides is 2. The molecule has 0 unspecified atom stereocenters. The average Bonchev–Trinajstić information content (AvgIpc) is 3.26. The predicted octanol–water partition coefficient (Wildman–Crippen LogP) is 5.18. The molecular formula is C27H27FN2O4S. The number of aliphatic hydroxyl groups is 1. The molecule has 1 aromatic heterocycles. The molecule has 0 aliphatic carbocycles. The molecule has 3 rings (SSSR count). The van der Waals surface area contributed by atoms with Gasteiger partial charge >= 0.3 is 0 Å². The molecule has 3 aromatic rings. The zero-order valence-corrected chi connectivity index (χ0v) is 20.4. The van der Waals surface area contributed by atoms with Crippen LogP contribution in [0.5, 0.6) is 5.75 Å². The number of halogens is 1. The van der Waals surface area contributed by atoms with Gasteiger partial charge in [0, 0.05) is 34.3 Å². The molecule has 35 heavy (non-hydrogen) atoms. The van der Waals surface area contributed by atoms with E-state index in [4.69, 9.17) is 9.84 Å². The van der Waals surface area contributed by atoms with E-state index in [0.717, 1.165) is 21.6 Å². The summed E-state index contributed by atoms with van der Waals surface area (Å²) in [6, 6.07) is 10.7. The Bertz CT molecular complexity index is 1250. The van der Waals surface area contributed by atoms with Gasteiger partial charge in [0.1, 0.15) is 18.2 Å². The summed E-state index contributed by atoms with van der Waals surface area (Å²) in [4.78, 5) is 25.7. The summed E-state index contributed by atoms with van der Waals surface area (Å²) in [6.45, 7) is 7.86.